The molecule has 1 N–H and O–H groups in total. The van der Waals surface area contributed by atoms with Gasteiger partial charge < -0.3 is 4.98 Å². The number of H-pyrrole nitrogens is 1. The zero-order chi connectivity index (χ0) is 8.55. The van der Waals surface area contributed by atoms with E-state index in [2.05, 4.69) is 11.1 Å². The maximum atomic E-state index is 5.99. The van der Waals surface area contributed by atoms with Crippen LogP contribution in [-0.4, -0.2) is 11.2 Å². The molecule has 1 aromatic carbocycles. The van der Waals surface area contributed by atoms with E-state index in [-0.39, 0.29) is 0 Å². The summed E-state index contributed by atoms with van der Waals surface area (Å²) in [6.07, 6.45) is 2.03. The number of rotatable bonds is 1. The number of hydrogen-bond acceptors (Lipinski definition) is 1. The van der Waals surface area contributed by atoms with Crippen LogP contribution in [0.4, 0.5) is 0 Å². The third-order valence-corrected chi connectivity index (χ3v) is 3.05. The van der Waals surface area contributed by atoms with Crippen LogP contribution in [0.1, 0.15) is 0 Å². The maximum Gasteiger partial charge on any atom is 0.121 e. The molecule has 0 unspecified atom stereocenters. The number of fused-ring (bicyclic) bond motifs is 1. The summed E-state index contributed by atoms with van der Waals surface area (Å²) in [7, 11) is 0. The van der Waals surface area contributed by atoms with Crippen molar-refractivity contribution in [3.05, 3.63) is 29.4 Å². The van der Waals surface area contributed by atoms with Gasteiger partial charge in [0, 0.05) is 10.9 Å². The number of thioether (sulfide) groups is 1. The first-order valence-corrected chi connectivity index (χ1v) is 5.23. The van der Waals surface area contributed by atoms with E-state index in [1.165, 1.54) is 5.39 Å². The Morgan fingerprint density at radius 2 is 2.08 bits per heavy atom. The zero-order valence-corrected chi connectivity index (χ0v) is 8.17. The van der Waals surface area contributed by atoms with Crippen molar-refractivity contribution in [1.29, 1.82) is 0 Å². The number of aromatic amines is 1. The molecule has 0 bridgehead atoms. The van der Waals surface area contributed by atoms with Gasteiger partial charge in [0.05, 0.1) is 4.90 Å². The molecule has 0 fully saturated rings. The Labute approximate surface area is 80.1 Å². The lowest BCUT2D eigenvalue weighted by Crippen LogP contribution is -1.65. The van der Waals surface area contributed by atoms with E-state index in [9.17, 15) is 0 Å². The molecule has 0 saturated carbocycles. The molecule has 1 aromatic heterocycles. The number of aromatic nitrogens is 1. The number of benzene rings is 1. The van der Waals surface area contributed by atoms with Gasteiger partial charge in [0.25, 0.3) is 0 Å². The van der Waals surface area contributed by atoms with Crippen LogP contribution in [0.5, 0.6) is 0 Å². The Morgan fingerprint density at radius 3 is 2.83 bits per heavy atom. The second-order valence-corrected chi connectivity index (χ2v) is 3.71. The second-order valence-electron chi connectivity index (χ2n) is 2.52. The lowest BCUT2D eigenvalue weighted by molar-refractivity contribution is 1.42. The van der Waals surface area contributed by atoms with E-state index in [1.807, 2.05) is 24.5 Å². The van der Waals surface area contributed by atoms with E-state index >= 15 is 0 Å². The summed E-state index contributed by atoms with van der Waals surface area (Å²) in [6, 6.07) is 8.12. The molecule has 62 valence electrons. The van der Waals surface area contributed by atoms with E-state index in [1.54, 1.807) is 11.8 Å². The van der Waals surface area contributed by atoms with Gasteiger partial charge in [0.1, 0.15) is 5.15 Å². The van der Waals surface area contributed by atoms with E-state index < -0.39 is 0 Å². The lowest BCUT2D eigenvalue weighted by Gasteiger charge is -1.91. The summed E-state index contributed by atoms with van der Waals surface area (Å²) in [5, 5.41) is 1.94. The van der Waals surface area contributed by atoms with Gasteiger partial charge in [-0.3, -0.25) is 0 Å². The van der Waals surface area contributed by atoms with E-state index in [0.29, 0.717) is 0 Å². The average Bonchev–Trinajstić information content (AvgIpc) is 2.40. The highest BCUT2D eigenvalue weighted by Crippen LogP contribution is 2.32. The topological polar surface area (TPSA) is 15.8 Å². The fraction of sp³-hybridized carbons (Fsp3) is 0.111. The van der Waals surface area contributed by atoms with Crippen molar-refractivity contribution in [1.82, 2.24) is 4.98 Å². The summed E-state index contributed by atoms with van der Waals surface area (Å²) in [6.45, 7) is 0. The normalized spacial score (nSPS) is 10.8. The Bertz CT molecular complexity index is 408. The minimum Gasteiger partial charge on any atom is -0.345 e. The van der Waals surface area contributed by atoms with Crippen LogP contribution in [0, 0.1) is 0 Å². The number of nitrogens with one attached hydrogen (secondary N) is 1. The molecular weight excluding hydrogens is 190 g/mol. The first-order chi connectivity index (χ1) is 5.83. The van der Waals surface area contributed by atoms with Crippen LogP contribution in [0.2, 0.25) is 5.15 Å². The summed E-state index contributed by atoms with van der Waals surface area (Å²) in [4.78, 5) is 4.25. The average molecular weight is 198 g/mol. The molecule has 0 aliphatic carbocycles. The molecule has 1 heterocycles. The Hall–Kier alpha value is -0.600. The third-order valence-electron chi connectivity index (χ3n) is 1.82. The SMILES string of the molecule is CSc1c(Cl)[nH]c2ccccc12. The van der Waals surface area contributed by atoms with Crippen LogP contribution in [0.15, 0.2) is 29.2 Å². The number of halogens is 1. The molecule has 12 heavy (non-hydrogen) atoms. The molecule has 0 spiro atoms. The molecule has 0 aliphatic heterocycles. The highest BCUT2D eigenvalue weighted by Gasteiger charge is 2.06. The molecule has 0 atom stereocenters. The largest absolute Gasteiger partial charge is 0.345 e. The van der Waals surface area contributed by atoms with Crippen LogP contribution >= 0.6 is 23.4 Å². The van der Waals surface area contributed by atoms with Crippen molar-refractivity contribution in [3.63, 3.8) is 0 Å². The molecule has 0 saturated heterocycles. The molecule has 2 rings (SSSR count). The fourth-order valence-corrected chi connectivity index (χ4v) is 2.35. The van der Waals surface area contributed by atoms with Gasteiger partial charge in [-0.2, -0.15) is 0 Å². The molecule has 0 aliphatic rings. The standard InChI is InChI=1S/C9H8ClNS/c1-12-8-6-4-2-3-5-7(6)11-9(8)10/h2-5,11H,1H3. The Morgan fingerprint density at radius 1 is 1.33 bits per heavy atom. The Kier molecular flexibility index (Phi) is 2.03. The van der Waals surface area contributed by atoms with Gasteiger partial charge in [-0.1, -0.05) is 29.8 Å². The fourth-order valence-electron chi connectivity index (χ4n) is 1.28. The third kappa shape index (κ3) is 1.11. The van der Waals surface area contributed by atoms with Crippen LogP contribution in [0.3, 0.4) is 0 Å². The molecule has 0 radical (unpaired) electrons. The molecule has 1 nitrogen and oxygen atoms in total. The van der Waals surface area contributed by atoms with Crippen LogP contribution in [0.25, 0.3) is 10.9 Å². The van der Waals surface area contributed by atoms with Crippen LogP contribution in [-0.2, 0) is 0 Å². The highest BCUT2D eigenvalue weighted by atomic mass is 35.5. The van der Waals surface area contributed by atoms with Gasteiger partial charge in [-0.15, -0.1) is 11.8 Å². The molecule has 2 aromatic rings. The van der Waals surface area contributed by atoms with E-state index in [4.69, 9.17) is 11.6 Å². The highest BCUT2D eigenvalue weighted by molar-refractivity contribution is 7.99. The second kappa shape index (κ2) is 3.04. The van der Waals surface area contributed by atoms with Crippen molar-refractivity contribution in [2.75, 3.05) is 6.26 Å². The predicted molar refractivity (Wildman–Crippen MR) is 55.1 cm³/mol. The van der Waals surface area contributed by atoms with Crippen molar-refractivity contribution in [3.8, 4) is 0 Å². The minimum absolute atomic E-state index is 0.740. The zero-order valence-electron chi connectivity index (χ0n) is 6.60. The quantitative estimate of drug-likeness (QED) is 0.692. The van der Waals surface area contributed by atoms with Gasteiger partial charge in [0.15, 0.2) is 0 Å². The summed E-state index contributed by atoms with van der Waals surface area (Å²) < 4.78 is 0. The van der Waals surface area contributed by atoms with Crippen molar-refractivity contribution in [2.24, 2.45) is 0 Å². The van der Waals surface area contributed by atoms with Gasteiger partial charge in [0.2, 0.25) is 0 Å². The van der Waals surface area contributed by atoms with Crippen LogP contribution < -0.4 is 0 Å². The predicted octanol–water partition coefficient (Wildman–Crippen LogP) is 3.54. The Balaban J connectivity index is 2.81. The van der Waals surface area contributed by atoms with Crippen molar-refractivity contribution >= 4 is 34.3 Å². The monoisotopic (exact) mass is 197 g/mol. The van der Waals surface area contributed by atoms with Gasteiger partial charge in [-0.25, -0.2) is 0 Å². The summed E-state index contributed by atoms with van der Waals surface area (Å²) in [5.41, 5.74) is 1.10. The van der Waals surface area contributed by atoms with Gasteiger partial charge in [-0.05, 0) is 12.3 Å². The van der Waals surface area contributed by atoms with E-state index in [0.717, 1.165) is 15.6 Å². The molecule has 3 heteroatoms. The molecular formula is C9H8ClNS. The summed E-state index contributed by atoms with van der Waals surface area (Å²) >= 11 is 7.66. The number of para-hydroxylation sites is 1. The lowest BCUT2D eigenvalue weighted by atomic mass is 10.2. The maximum absolute atomic E-state index is 5.99. The van der Waals surface area contributed by atoms with Crippen molar-refractivity contribution < 1.29 is 0 Å². The van der Waals surface area contributed by atoms with Gasteiger partial charge >= 0.3 is 0 Å². The first kappa shape index (κ1) is 8.02. The molecule has 0 amide bonds. The first-order valence-electron chi connectivity index (χ1n) is 3.63. The van der Waals surface area contributed by atoms with Crippen molar-refractivity contribution in [2.45, 2.75) is 4.90 Å². The summed E-state index contributed by atoms with van der Waals surface area (Å²) in [5.74, 6) is 0. The minimum atomic E-state index is 0.740. The number of hydrogen-bond donors (Lipinski definition) is 1. The smallest absolute Gasteiger partial charge is 0.121 e.